The Bertz CT molecular complexity index is 519. The van der Waals surface area contributed by atoms with E-state index in [0.29, 0.717) is 19.0 Å². The molecule has 1 heterocycles. The van der Waals surface area contributed by atoms with E-state index in [4.69, 9.17) is 0 Å². The monoisotopic (exact) mass is 286 g/mol. The average Bonchev–Trinajstić information content (AvgIpc) is 2.46. The zero-order valence-electron chi connectivity index (χ0n) is 13.5. The van der Waals surface area contributed by atoms with E-state index in [1.54, 1.807) is 0 Å². The highest BCUT2D eigenvalue weighted by molar-refractivity contribution is 5.46. The van der Waals surface area contributed by atoms with Crippen molar-refractivity contribution in [2.75, 3.05) is 32.1 Å². The molecule has 0 aliphatic carbocycles. The molecule has 0 aromatic heterocycles. The minimum Gasteiger partial charge on any atom is -0.377 e. The summed E-state index contributed by atoms with van der Waals surface area (Å²) in [5.74, 6) is 6.48. The summed E-state index contributed by atoms with van der Waals surface area (Å²) in [6.45, 7) is 5.75. The molecule has 0 saturated carbocycles. The lowest BCUT2D eigenvalue weighted by atomic mass is 9.79. The van der Waals surface area contributed by atoms with E-state index >= 15 is 0 Å². The number of hydrogen-bond acceptors (Lipinski definition) is 3. The number of benzene rings is 1. The van der Waals surface area contributed by atoms with Gasteiger partial charge in [-0.1, -0.05) is 37.0 Å². The predicted molar refractivity (Wildman–Crippen MR) is 88.3 cm³/mol. The van der Waals surface area contributed by atoms with Gasteiger partial charge in [-0.05, 0) is 26.1 Å². The van der Waals surface area contributed by atoms with E-state index in [-0.39, 0.29) is 5.92 Å². The van der Waals surface area contributed by atoms with Gasteiger partial charge in [0.1, 0.15) is 5.60 Å². The van der Waals surface area contributed by atoms with E-state index in [0.717, 1.165) is 12.2 Å². The summed E-state index contributed by atoms with van der Waals surface area (Å²) in [5, 5.41) is 10.8. The van der Waals surface area contributed by atoms with Gasteiger partial charge in [0.2, 0.25) is 0 Å². The summed E-state index contributed by atoms with van der Waals surface area (Å²) in [6, 6.07) is 10.6. The number of aliphatic hydroxyl groups is 1. The van der Waals surface area contributed by atoms with Crippen molar-refractivity contribution in [1.29, 1.82) is 0 Å². The van der Waals surface area contributed by atoms with Crippen molar-refractivity contribution in [2.45, 2.75) is 31.9 Å². The van der Waals surface area contributed by atoms with Crippen LogP contribution in [0.15, 0.2) is 30.3 Å². The molecule has 0 unspecified atom stereocenters. The SMILES string of the molecule is C[C@@H]1CN(C)[C@@H](C)C[C@@]1(O)C#CCN(C)c1ccccc1. The first-order valence-corrected chi connectivity index (χ1v) is 7.61. The highest BCUT2D eigenvalue weighted by Crippen LogP contribution is 2.30. The van der Waals surface area contributed by atoms with E-state index in [9.17, 15) is 5.11 Å². The Morgan fingerprint density at radius 3 is 2.67 bits per heavy atom. The molecule has 1 aromatic rings. The zero-order valence-corrected chi connectivity index (χ0v) is 13.5. The highest BCUT2D eigenvalue weighted by atomic mass is 16.3. The van der Waals surface area contributed by atoms with Gasteiger partial charge in [0, 0.05) is 37.7 Å². The van der Waals surface area contributed by atoms with Crippen LogP contribution in [-0.2, 0) is 0 Å². The standard InChI is InChI=1S/C18H26N2O/c1-15-14-20(4)16(2)13-18(15,21)11-8-12-19(3)17-9-6-5-7-10-17/h5-7,9-10,15-16,21H,12-14H2,1-4H3/t15-,16+,18+/m1/s1. The second kappa shape index (κ2) is 6.51. The molecule has 3 heteroatoms. The van der Waals surface area contributed by atoms with Gasteiger partial charge < -0.3 is 14.9 Å². The van der Waals surface area contributed by atoms with Crippen LogP contribution in [0.25, 0.3) is 0 Å². The van der Waals surface area contributed by atoms with Crippen LogP contribution in [0.2, 0.25) is 0 Å². The van der Waals surface area contributed by atoms with E-state index in [1.807, 2.05) is 25.2 Å². The number of para-hydroxylation sites is 1. The van der Waals surface area contributed by atoms with Crippen LogP contribution in [0.3, 0.4) is 0 Å². The number of rotatable bonds is 2. The molecule has 2 rings (SSSR count). The third-order valence-electron chi connectivity index (χ3n) is 4.55. The Kier molecular flexibility index (Phi) is 4.92. The molecule has 1 aliphatic rings. The molecule has 0 radical (unpaired) electrons. The maximum Gasteiger partial charge on any atom is 0.130 e. The van der Waals surface area contributed by atoms with Crippen LogP contribution in [0.5, 0.6) is 0 Å². The number of nitrogens with zero attached hydrogens (tertiary/aromatic N) is 2. The van der Waals surface area contributed by atoms with Crippen molar-refractivity contribution in [3.05, 3.63) is 30.3 Å². The number of anilines is 1. The smallest absolute Gasteiger partial charge is 0.130 e. The molecular weight excluding hydrogens is 260 g/mol. The molecule has 1 fully saturated rings. The molecular formula is C18H26N2O. The van der Waals surface area contributed by atoms with E-state index < -0.39 is 5.60 Å². The first kappa shape index (κ1) is 15.9. The summed E-state index contributed by atoms with van der Waals surface area (Å²) >= 11 is 0. The molecule has 0 bridgehead atoms. The normalized spacial score (nSPS) is 29.6. The highest BCUT2D eigenvalue weighted by Gasteiger charge is 2.39. The van der Waals surface area contributed by atoms with E-state index in [2.05, 4.69) is 54.7 Å². The first-order valence-electron chi connectivity index (χ1n) is 7.61. The fourth-order valence-electron chi connectivity index (χ4n) is 2.83. The molecule has 1 saturated heterocycles. The van der Waals surface area contributed by atoms with E-state index in [1.165, 1.54) is 0 Å². The number of piperidine rings is 1. The average molecular weight is 286 g/mol. The molecule has 1 aromatic carbocycles. The summed E-state index contributed by atoms with van der Waals surface area (Å²) in [6.07, 6.45) is 0.715. The summed E-state index contributed by atoms with van der Waals surface area (Å²) in [5.41, 5.74) is 0.285. The Hall–Kier alpha value is -1.50. The number of likely N-dealkylation sites (tertiary alicyclic amines) is 1. The molecule has 0 spiro atoms. The molecule has 1 N–H and O–H groups in total. The first-order chi connectivity index (χ1) is 9.92. The Balaban J connectivity index is 2.01. The largest absolute Gasteiger partial charge is 0.377 e. The van der Waals surface area contributed by atoms with Gasteiger partial charge in [0.15, 0.2) is 0 Å². The van der Waals surface area contributed by atoms with Gasteiger partial charge in [0.05, 0.1) is 6.54 Å². The lowest BCUT2D eigenvalue weighted by Gasteiger charge is -2.42. The molecule has 3 atom stereocenters. The predicted octanol–water partition coefficient (Wildman–Crippen LogP) is 2.22. The van der Waals surface area contributed by atoms with Gasteiger partial charge in [-0.25, -0.2) is 0 Å². The molecule has 3 nitrogen and oxygen atoms in total. The zero-order chi connectivity index (χ0) is 15.5. The quantitative estimate of drug-likeness (QED) is 0.845. The van der Waals surface area contributed by atoms with Gasteiger partial charge in [0.25, 0.3) is 0 Å². The van der Waals surface area contributed by atoms with Gasteiger partial charge >= 0.3 is 0 Å². The van der Waals surface area contributed by atoms with Crippen molar-refractivity contribution in [1.82, 2.24) is 4.90 Å². The maximum atomic E-state index is 10.8. The fraction of sp³-hybridized carbons (Fsp3) is 0.556. The van der Waals surface area contributed by atoms with Crippen LogP contribution >= 0.6 is 0 Å². The molecule has 114 valence electrons. The fourth-order valence-corrected chi connectivity index (χ4v) is 2.83. The summed E-state index contributed by atoms with van der Waals surface area (Å²) in [7, 11) is 4.13. The van der Waals surface area contributed by atoms with Crippen LogP contribution in [0.1, 0.15) is 20.3 Å². The number of hydrogen-bond donors (Lipinski definition) is 1. The van der Waals surface area contributed by atoms with Crippen molar-refractivity contribution >= 4 is 5.69 Å². The maximum absolute atomic E-state index is 10.8. The van der Waals surface area contributed by atoms with Crippen LogP contribution in [-0.4, -0.2) is 48.8 Å². The minimum absolute atomic E-state index is 0.174. The second-order valence-electron chi connectivity index (χ2n) is 6.31. The van der Waals surface area contributed by atoms with Gasteiger partial charge in [-0.3, -0.25) is 0 Å². The van der Waals surface area contributed by atoms with Gasteiger partial charge in [-0.15, -0.1) is 0 Å². The molecule has 1 aliphatic heterocycles. The van der Waals surface area contributed by atoms with Crippen LogP contribution < -0.4 is 4.90 Å². The lowest BCUT2D eigenvalue weighted by molar-refractivity contribution is -0.0347. The van der Waals surface area contributed by atoms with Crippen molar-refractivity contribution in [3.63, 3.8) is 0 Å². The third kappa shape index (κ3) is 3.78. The van der Waals surface area contributed by atoms with Crippen molar-refractivity contribution in [3.8, 4) is 11.8 Å². The summed E-state index contributed by atoms with van der Waals surface area (Å²) < 4.78 is 0. The molecule has 0 amide bonds. The van der Waals surface area contributed by atoms with Gasteiger partial charge in [-0.2, -0.15) is 0 Å². The summed E-state index contributed by atoms with van der Waals surface area (Å²) in [4.78, 5) is 4.39. The van der Waals surface area contributed by atoms with Crippen LogP contribution in [0, 0.1) is 17.8 Å². The second-order valence-corrected chi connectivity index (χ2v) is 6.31. The lowest BCUT2D eigenvalue weighted by Crippen LogP contribution is -2.52. The Morgan fingerprint density at radius 1 is 1.33 bits per heavy atom. The van der Waals surface area contributed by atoms with Crippen molar-refractivity contribution in [2.24, 2.45) is 5.92 Å². The topological polar surface area (TPSA) is 26.7 Å². The molecule has 21 heavy (non-hydrogen) atoms. The Morgan fingerprint density at radius 2 is 2.00 bits per heavy atom. The van der Waals surface area contributed by atoms with Crippen LogP contribution in [0.4, 0.5) is 5.69 Å². The minimum atomic E-state index is -0.858. The van der Waals surface area contributed by atoms with Crippen molar-refractivity contribution < 1.29 is 5.11 Å². The Labute approximate surface area is 128 Å². The third-order valence-corrected chi connectivity index (χ3v) is 4.55.